The van der Waals surface area contributed by atoms with Crippen LogP contribution in [0.1, 0.15) is 11.3 Å². The third-order valence-electron chi connectivity index (χ3n) is 4.64. The first-order valence-corrected chi connectivity index (χ1v) is 8.94. The minimum Gasteiger partial charge on any atom is -0.317 e. The van der Waals surface area contributed by atoms with E-state index in [4.69, 9.17) is 0 Å². The molecule has 30 heavy (non-hydrogen) atoms. The zero-order valence-corrected chi connectivity index (χ0v) is 15.5. The molecule has 3 amide bonds. The van der Waals surface area contributed by atoms with E-state index in [9.17, 15) is 24.1 Å². The average Bonchev–Trinajstić information content (AvgIpc) is 3.30. The molecular weight excluding hydrogens is 391 g/mol. The Morgan fingerprint density at radius 2 is 1.87 bits per heavy atom. The van der Waals surface area contributed by atoms with Crippen molar-refractivity contribution in [2.24, 2.45) is 0 Å². The maximum atomic E-state index is 13.9. The molecule has 0 atom stereocenters. The SMILES string of the molecule is O=C1N/C(=C/c2cccn2-c2cccc([N+](=O)[O-])c2)C(=O)N1Cc1ccccc1F. The molecule has 0 saturated carbocycles. The van der Waals surface area contributed by atoms with E-state index in [1.165, 1.54) is 36.4 Å². The molecular formula is C21H15FN4O4. The number of carbonyl (C=O) groups excluding carboxylic acids is 2. The summed E-state index contributed by atoms with van der Waals surface area (Å²) >= 11 is 0. The number of amides is 3. The molecule has 1 saturated heterocycles. The van der Waals surface area contributed by atoms with Crippen LogP contribution < -0.4 is 5.32 Å². The molecule has 1 aliphatic heterocycles. The molecule has 1 fully saturated rings. The summed E-state index contributed by atoms with van der Waals surface area (Å²) < 4.78 is 15.5. The molecule has 4 rings (SSSR count). The van der Waals surface area contributed by atoms with Crippen molar-refractivity contribution in [2.45, 2.75) is 6.54 Å². The second-order valence-corrected chi connectivity index (χ2v) is 6.55. The smallest absolute Gasteiger partial charge is 0.317 e. The van der Waals surface area contributed by atoms with Crippen molar-refractivity contribution < 1.29 is 18.9 Å². The number of hydrogen-bond acceptors (Lipinski definition) is 4. The zero-order chi connectivity index (χ0) is 21.3. The molecule has 0 aliphatic carbocycles. The maximum absolute atomic E-state index is 13.9. The Balaban J connectivity index is 1.63. The van der Waals surface area contributed by atoms with E-state index >= 15 is 0 Å². The summed E-state index contributed by atoms with van der Waals surface area (Å²) in [6, 6.07) is 14.7. The molecule has 0 radical (unpaired) electrons. The zero-order valence-electron chi connectivity index (χ0n) is 15.5. The van der Waals surface area contributed by atoms with Crippen LogP contribution in [0.25, 0.3) is 11.8 Å². The number of aromatic nitrogens is 1. The molecule has 1 aromatic heterocycles. The number of nitrogens with zero attached hydrogens (tertiary/aromatic N) is 3. The lowest BCUT2D eigenvalue weighted by molar-refractivity contribution is -0.384. The molecule has 0 spiro atoms. The average molecular weight is 406 g/mol. The highest BCUT2D eigenvalue weighted by Gasteiger charge is 2.34. The lowest BCUT2D eigenvalue weighted by atomic mass is 10.2. The number of urea groups is 1. The standard InChI is InChI=1S/C21H15FN4O4/c22-18-9-2-1-5-14(18)13-25-20(27)19(23-21(25)28)12-16-8-4-10-24(16)15-6-3-7-17(11-15)26(29)30/h1-12H,13H2,(H,23,28)/b19-12+. The Bertz CT molecular complexity index is 1200. The quantitative estimate of drug-likeness (QED) is 0.303. The van der Waals surface area contributed by atoms with Gasteiger partial charge in [0, 0.05) is 29.6 Å². The van der Waals surface area contributed by atoms with Crippen molar-refractivity contribution >= 4 is 23.7 Å². The highest BCUT2D eigenvalue weighted by molar-refractivity contribution is 6.13. The van der Waals surface area contributed by atoms with E-state index in [1.807, 2.05) is 0 Å². The van der Waals surface area contributed by atoms with Crippen LogP contribution in [0.3, 0.4) is 0 Å². The van der Waals surface area contributed by atoms with Gasteiger partial charge in [-0.3, -0.25) is 19.8 Å². The van der Waals surface area contributed by atoms with Crippen molar-refractivity contribution in [1.29, 1.82) is 0 Å². The van der Waals surface area contributed by atoms with Crippen LogP contribution in [0.2, 0.25) is 0 Å². The van der Waals surface area contributed by atoms with Gasteiger partial charge in [-0.15, -0.1) is 0 Å². The van der Waals surface area contributed by atoms with Crippen LogP contribution >= 0.6 is 0 Å². The second-order valence-electron chi connectivity index (χ2n) is 6.55. The highest BCUT2D eigenvalue weighted by Crippen LogP contribution is 2.22. The summed E-state index contributed by atoms with van der Waals surface area (Å²) in [6.45, 7) is -0.194. The lowest BCUT2D eigenvalue weighted by Crippen LogP contribution is -2.30. The van der Waals surface area contributed by atoms with E-state index in [0.29, 0.717) is 11.4 Å². The summed E-state index contributed by atoms with van der Waals surface area (Å²) in [5.74, 6) is -1.09. The number of imide groups is 1. The van der Waals surface area contributed by atoms with Crippen molar-refractivity contribution in [1.82, 2.24) is 14.8 Å². The van der Waals surface area contributed by atoms with Crippen molar-refractivity contribution in [2.75, 3.05) is 0 Å². The van der Waals surface area contributed by atoms with Crippen molar-refractivity contribution in [3.05, 3.63) is 99.7 Å². The summed E-state index contributed by atoms with van der Waals surface area (Å²) in [6.07, 6.45) is 3.16. The van der Waals surface area contributed by atoms with E-state index < -0.39 is 22.7 Å². The number of rotatable bonds is 5. The Hall–Kier alpha value is -4.27. The molecule has 2 heterocycles. The van der Waals surface area contributed by atoms with Gasteiger partial charge >= 0.3 is 6.03 Å². The number of nitro benzene ring substituents is 1. The third kappa shape index (κ3) is 3.55. The summed E-state index contributed by atoms with van der Waals surface area (Å²) in [5, 5.41) is 13.5. The molecule has 2 aromatic carbocycles. The summed E-state index contributed by atoms with van der Waals surface area (Å²) in [7, 11) is 0. The van der Waals surface area contributed by atoms with Gasteiger partial charge in [0.25, 0.3) is 11.6 Å². The van der Waals surface area contributed by atoms with E-state index in [-0.39, 0.29) is 23.5 Å². The summed E-state index contributed by atoms with van der Waals surface area (Å²) in [5.41, 5.74) is 1.25. The first-order valence-electron chi connectivity index (χ1n) is 8.94. The Labute approximate surface area is 170 Å². The normalized spacial score (nSPS) is 15.0. The van der Waals surface area contributed by atoms with E-state index in [2.05, 4.69) is 5.32 Å². The number of nitro groups is 1. The molecule has 1 N–H and O–H groups in total. The van der Waals surface area contributed by atoms with E-state index in [1.54, 1.807) is 41.1 Å². The van der Waals surface area contributed by atoms with Gasteiger partial charge in [0.05, 0.1) is 17.2 Å². The van der Waals surface area contributed by atoms with Gasteiger partial charge in [-0.25, -0.2) is 9.18 Å². The van der Waals surface area contributed by atoms with Gasteiger partial charge in [-0.05, 0) is 30.3 Å². The van der Waals surface area contributed by atoms with Gasteiger partial charge in [0.15, 0.2) is 0 Å². The van der Waals surface area contributed by atoms with Gasteiger partial charge in [-0.1, -0.05) is 24.3 Å². The van der Waals surface area contributed by atoms with Crippen LogP contribution in [-0.2, 0) is 11.3 Å². The Morgan fingerprint density at radius 3 is 2.63 bits per heavy atom. The van der Waals surface area contributed by atoms with Crippen LogP contribution in [0.4, 0.5) is 14.9 Å². The number of carbonyl (C=O) groups is 2. The van der Waals surface area contributed by atoms with Gasteiger partial charge in [0.1, 0.15) is 11.5 Å². The van der Waals surface area contributed by atoms with Gasteiger partial charge < -0.3 is 9.88 Å². The van der Waals surface area contributed by atoms with Crippen LogP contribution in [0.5, 0.6) is 0 Å². The topological polar surface area (TPSA) is 97.5 Å². The van der Waals surface area contributed by atoms with Gasteiger partial charge in [-0.2, -0.15) is 0 Å². The minimum absolute atomic E-state index is 0.0294. The van der Waals surface area contributed by atoms with Crippen molar-refractivity contribution in [3.63, 3.8) is 0 Å². The fourth-order valence-electron chi connectivity index (χ4n) is 3.16. The van der Waals surface area contributed by atoms with Crippen molar-refractivity contribution in [3.8, 4) is 5.69 Å². The fourth-order valence-corrected chi connectivity index (χ4v) is 3.16. The highest BCUT2D eigenvalue weighted by atomic mass is 19.1. The third-order valence-corrected chi connectivity index (χ3v) is 4.64. The Kier molecular flexibility index (Phi) is 4.85. The molecule has 0 unspecified atom stereocenters. The summed E-state index contributed by atoms with van der Waals surface area (Å²) in [4.78, 5) is 36.4. The fraction of sp³-hybridized carbons (Fsp3) is 0.0476. The van der Waals surface area contributed by atoms with E-state index in [0.717, 1.165) is 4.90 Å². The largest absolute Gasteiger partial charge is 0.329 e. The van der Waals surface area contributed by atoms with Crippen LogP contribution in [-0.4, -0.2) is 26.3 Å². The number of halogens is 1. The number of hydrogen-bond donors (Lipinski definition) is 1. The monoisotopic (exact) mass is 406 g/mol. The van der Waals surface area contributed by atoms with Gasteiger partial charge in [0.2, 0.25) is 0 Å². The predicted octanol–water partition coefficient (Wildman–Crippen LogP) is 3.62. The molecule has 8 nitrogen and oxygen atoms in total. The molecule has 1 aliphatic rings. The number of benzene rings is 2. The molecule has 150 valence electrons. The molecule has 3 aromatic rings. The van der Waals surface area contributed by atoms with Crippen LogP contribution in [0, 0.1) is 15.9 Å². The second kappa shape index (κ2) is 7.63. The molecule has 0 bridgehead atoms. The number of nitrogens with one attached hydrogen (secondary N) is 1. The van der Waals surface area contributed by atoms with Crippen LogP contribution in [0.15, 0.2) is 72.6 Å². The Morgan fingerprint density at radius 1 is 1.07 bits per heavy atom. The first kappa shape index (κ1) is 19.1. The minimum atomic E-state index is -0.650. The molecule has 9 heteroatoms. The predicted molar refractivity (Wildman–Crippen MR) is 106 cm³/mol. The first-order chi connectivity index (χ1) is 14.4. The number of non-ortho nitro benzene ring substituents is 1. The lowest BCUT2D eigenvalue weighted by Gasteiger charge is -2.12. The maximum Gasteiger partial charge on any atom is 0.329 e.